The minimum atomic E-state index is -4.40. The number of amides is 1. The second kappa shape index (κ2) is 9.01. The van der Waals surface area contributed by atoms with Gasteiger partial charge in [0.05, 0.1) is 18.7 Å². The lowest BCUT2D eigenvalue weighted by molar-refractivity contribution is -0.137. The monoisotopic (exact) mass is 399 g/mol. The summed E-state index contributed by atoms with van der Waals surface area (Å²) in [4.78, 5) is 20.0. The highest BCUT2D eigenvalue weighted by Gasteiger charge is 2.37. The molecule has 1 aromatic rings. The van der Waals surface area contributed by atoms with Gasteiger partial charge < -0.3 is 14.5 Å². The quantitative estimate of drug-likeness (QED) is 0.709. The van der Waals surface area contributed by atoms with Crippen LogP contribution in [0.15, 0.2) is 18.3 Å². The maximum Gasteiger partial charge on any atom is 0.417 e. The molecule has 1 atom stereocenters. The van der Waals surface area contributed by atoms with Crippen LogP contribution in [0, 0.1) is 0 Å². The van der Waals surface area contributed by atoms with E-state index in [9.17, 15) is 18.0 Å². The summed E-state index contributed by atoms with van der Waals surface area (Å²) in [7, 11) is 0. The highest BCUT2D eigenvalue weighted by Crippen LogP contribution is 2.30. The number of nitrogens with zero attached hydrogens (tertiary/aromatic N) is 3. The molecule has 1 aliphatic heterocycles. The highest BCUT2D eigenvalue weighted by atomic mass is 19.4. The first-order valence-electron chi connectivity index (χ1n) is 10.1. The Balaban J connectivity index is 1.61. The van der Waals surface area contributed by atoms with Crippen molar-refractivity contribution in [2.45, 2.75) is 70.2 Å². The van der Waals surface area contributed by atoms with Crippen LogP contribution in [0.2, 0.25) is 0 Å². The Bertz CT molecular complexity index is 643. The third kappa shape index (κ3) is 5.08. The van der Waals surface area contributed by atoms with Crippen molar-refractivity contribution in [2.75, 3.05) is 24.5 Å². The van der Waals surface area contributed by atoms with Crippen LogP contribution in [-0.4, -0.2) is 47.8 Å². The third-order valence-corrected chi connectivity index (χ3v) is 5.62. The minimum absolute atomic E-state index is 0.233. The largest absolute Gasteiger partial charge is 0.442 e. The summed E-state index contributed by atoms with van der Waals surface area (Å²) in [6.45, 7) is 3.42. The van der Waals surface area contributed by atoms with Crippen LogP contribution in [0.4, 0.5) is 23.8 Å². The van der Waals surface area contributed by atoms with E-state index in [1.807, 2.05) is 16.7 Å². The molecule has 156 valence electrons. The van der Waals surface area contributed by atoms with E-state index in [0.29, 0.717) is 25.5 Å². The number of alkyl halides is 3. The average Bonchev–Trinajstić information content (AvgIpc) is 2.99. The zero-order valence-electron chi connectivity index (χ0n) is 16.2. The smallest absolute Gasteiger partial charge is 0.417 e. The van der Waals surface area contributed by atoms with Gasteiger partial charge in [0.15, 0.2) is 0 Å². The van der Waals surface area contributed by atoms with Gasteiger partial charge in [0.1, 0.15) is 11.9 Å². The lowest BCUT2D eigenvalue weighted by atomic mass is 9.96. The van der Waals surface area contributed by atoms with Gasteiger partial charge in [0.2, 0.25) is 0 Å². The Kier molecular flexibility index (Phi) is 6.67. The first kappa shape index (κ1) is 20.7. The molecule has 28 heavy (non-hydrogen) atoms. The average molecular weight is 399 g/mol. The van der Waals surface area contributed by atoms with Crippen LogP contribution in [0.25, 0.3) is 0 Å². The van der Waals surface area contributed by atoms with E-state index in [0.717, 1.165) is 37.9 Å². The van der Waals surface area contributed by atoms with Crippen LogP contribution in [-0.2, 0) is 10.9 Å². The number of hydrogen-bond acceptors (Lipinski definition) is 4. The predicted molar refractivity (Wildman–Crippen MR) is 100 cm³/mol. The molecule has 8 heteroatoms. The predicted octanol–water partition coefficient (Wildman–Crippen LogP) is 4.86. The third-order valence-electron chi connectivity index (χ3n) is 5.62. The number of rotatable bonds is 5. The van der Waals surface area contributed by atoms with Crippen molar-refractivity contribution >= 4 is 11.9 Å². The molecule has 2 fully saturated rings. The molecule has 0 aromatic carbocycles. The van der Waals surface area contributed by atoms with Gasteiger partial charge in [-0.25, -0.2) is 9.78 Å². The van der Waals surface area contributed by atoms with Crippen molar-refractivity contribution in [2.24, 2.45) is 0 Å². The van der Waals surface area contributed by atoms with Crippen LogP contribution in [0.3, 0.4) is 0 Å². The van der Waals surface area contributed by atoms with Crippen LogP contribution >= 0.6 is 0 Å². The number of likely N-dealkylation sites (N-methyl/N-ethyl adjacent to an activating group) is 1. The number of aromatic nitrogens is 1. The minimum Gasteiger partial charge on any atom is -0.442 e. The number of hydrogen-bond donors (Lipinski definition) is 0. The molecule has 0 bridgehead atoms. The van der Waals surface area contributed by atoms with Crippen molar-refractivity contribution in [3.05, 3.63) is 23.9 Å². The molecule has 1 saturated heterocycles. The fraction of sp³-hybridized carbons (Fsp3) is 0.700. The van der Waals surface area contributed by atoms with Gasteiger partial charge in [-0.2, -0.15) is 13.2 Å². The number of cyclic esters (lactones) is 1. The highest BCUT2D eigenvalue weighted by molar-refractivity contribution is 5.70. The van der Waals surface area contributed by atoms with Gasteiger partial charge >= 0.3 is 12.3 Å². The molecular weight excluding hydrogens is 371 g/mol. The Morgan fingerprint density at radius 2 is 1.86 bits per heavy atom. The van der Waals surface area contributed by atoms with E-state index in [1.165, 1.54) is 25.3 Å². The van der Waals surface area contributed by atoms with Crippen LogP contribution in [0.5, 0.6) is 0 Å². The van der Waals surface area contributed by atoms with E-state index in [2.05, 4.69) is 4.98 Å². The number of halogens is 3. The van der Waals surface area contributed by atoms with Gasteiger partial charge in [0.25, 0.3) is 0 Å². The van der Waals surface area contributed by atoms with E-state index >= 15 is 0 Å². The van der Waals surface area contributed by atoms with Crippen molar-refractivity contribution in [3.63, 3.8) is 0 Å². The normalized spacial score (nSPS) is 21.9. The van der Waals surface area contributed by atoms with Crippen molar-refractivity contribution in [1.82, 2.24) is 9.88 Å². The molecule has 2 heterocycles. The summed E-state index contributed by atoms with van der Waals surface area (Å²) in [5.74, 6) is 0.455. The molecule has 0 radical (unpaired) electrons. The summed E-state index contributed by atoms with van der Waals surface area (Å²) in [6.07, 6.45) is 3.86. The topological polar surface area (TPSA) is 45.7 Å². The second-order valence-electron chi connectivity index (χ2n) is 7.60. The molecule has 1 saturated carbocycles. The number of pyridine rings is 1. The molecule has 1 aliphatic carbocycles. The number of ether oxygens (including phenoxy) is 1. The van der Waals surface area contributed by atoms with Crippen molar-refractivity contribution in [3.8, 4) is 0 Å². The molecule has 5 nitrogen and oxygen atoms in total. The number of carbonyl (C=O) groups excluding carboxylic acids is 1. The molecule has 3 rings (SSSR count). The first-order valence-corrected chi connectivity index (χ1v) is 10.1. The molecule has 1 amide bonds. The van der Waals surface area contributed by atoms with Crippen molar-refractivity contribution < 1.29 is 22.7 Å². The standard InChI is InChI=1S/C20H28F3N3O2/c1-2-25(18-11-10-15(12-24-18)20(21,22)23)13-17-14-26(19(27)28-17)16-8-6-4-3-5-7-9-16/h10-12,16-17H,2-9,13-14H2,1H3/t17-/m1/s1. The molecule has 0 N–H and O–H groups in total. The van der Waals surface area contributed by atoms with E-state index in [4.69, 9.17) is 4.74 Å². The Labute approximate surface area is 163 Å². The Morgan fingerprint density at radius 1 is 1.18 bits per heavy atom. The van der Waals surface area contributed by atoms with Gasteiger partial charge in [-0.1, -0.05) is 32.1 Å². The lowest BCUT2D eigenvalue weighted by Gasteiger charge is -2.28. The lowest BCUT2D eigenvalue weighted by Crippen LogP contribution is -2.39. The van der Waals surface area contributed by atoms with Gasteiger partial charge in [-0.3, -0.25) is 0 Å². The van der Waals surface area contributed by atoms with Gasteiger partial charge in [-0.15, -0.1) is 0 Å². The maximum atomic E-state index is 12.7. The molecule has 0 unspecified atom stereocenters. The fourth-order valence-corrected chi connectivity index (χ4v) is 4.05. The van der Waals surface area contributed by atoms with E-state index in [-0.39, 0.29) is 18.2 Å². The summed E-state index contributed by atoms with van der Waals surface area (Å²) >= 11 is 0. The van der Waals surface area contributed by atoms with Crippen molar-refractivity contribution in [1.29, 1.82) is 0 Å². The zero-order chi connectivity index (χ0) is 20.1. The summed E-state index contributed by atoms with van der Waals surface area (Å²) in [5.41, 5.74) is -0.768. The zero-order valence-corrected chi connectivity index (χ0v) is 16.2. The first-order chi connectivity index (χ1) is 13.4. The second-order valence-corrected chi connectivity index (χ2v) is 7.60. The van der Waals surface area contributed by atoms with E-state index in [1.54, 1.807) is 0 Å². The van der Waals surface area contributed by atoms with Gasteiger partial charge in [0, 0.05) is 18.8 Å². The Hall–Kier alpha value is -1.99. The molecule has 0 spiro atoms. The number of carbonyl (C=O) groups is 1. The summed E-state index contributed by atoms with van der Waals surface area (Å²) in [6, 6.07) is 2.64. The Morgan fingerprint density at radius 3 is 2.43 bits per heavy atom. The van der Waals surface area contributed by atoms with Crippen LogP contribution in [0.1, 0.15) is 57.4 Å². The summed E-state index contributed by atoms with van der Waals surface area (Å²) in [5, 5.41) is 0. The van der Waals surface area contributed by atoms with E-state index < -0.39 is 11.7 Å². The summed E-state index contributed by atoms with van der Waals surface area (Å²) < 4.78 is 43.8. The fourth-order valence-electron chi connectivity index (χ4n) is 4.05. The van der Waals surface area contributed by atoms with Crippen LogP contribution < -0.4 is 4.90 Å². The number of anilines is 1. The molecule has 1 aromatic heterocycles. The van der Waals surface area contributed by atoms with Gasteiger partial charge in [-0.05, 0) is 31.9 Å². The molecular formula is C20H28F3N3O2. The maximum absolute atomic E-state index is 12.7. The molecule has 2 aliphatic rings. The SMILES string of the molecule is CCN(C[C@@H]1CN(C2CCCCCCC2)C(=O)O1)c1ccc(C(F)(F)F)cn1.